The van der Waals surface area contributed by atoms with E-state index < -0.39 is 5.78 Å². The van der Waals surface area contributed by atoms with Crippen molar-refractivity contribution in [2.75, 3.05) is 0 Å². The molecule has 0 fully saturated rings. The number of carbonyl (C=O) groups excluding carboxylic acids is 2. The molecule has 0 aliphatic rings. The lowest BCUT2D eigenvalue weighted by Gasteiger charge is -1.95. The molecule has 0 aliphatic carbocycles. The van der Waals surface area contributed by atoms with Crippen LogP contribution in [0.3, 0.4) is 0 Å². The highest BCUT2D eigenvalue weighted by atomic mass is 16.2. The maximum absolute atomic E-state index is 10.8. The summed E-state index contributed by atoms with van der Waals surface area (Å²) in [6.45, 7) is 2.04. The normalized spacial score (nSPS) is 12.2. The van der Waals surface area contributed by atoms with Gasteiger partial charge in [-0.05, 0) is 23.6 Å². The summed E-state index contributed by atoms with van der Waals surface area (Å²) < 4.78 is 0. The second-order valence-electron chi connectivity index (χ2n) is 3.72. The highest BCUT2D eigenvalue weighted by Crippen LogP contribution is 2.08. The molecule has 0 atom stereocenters. The van der Waals surface area contributed by atoms with Gasteiger partial charge in [0.15, 0.2) is 6.29 Å². The zero-order valence-electron chi connectivity index (χ0n) is 10.4. The van der Waals surface area contributed by atoms with Crippen LogP contribution >= 0.6 is 0 Å². The van der Waals surface area contributed by atoms with E-state index in [4.69, 9.17) is 0 Å². The molecular formula is C16H16O2. The third kappa shape index (κ3) is 5.21. The first-order chi connectivity index (χ1) is 8.76. The van der Waals surface area contributed by atoms with Crippen LogP contribution in [0.2, 0.25) is 0 Å². The molecule has 0 unspecified atom stereocenters. The molecule has 1 rings (SSSR count). The van der Waals surface area contributed by atoms with Crippen LogP contribution in [-0.4, -0.2) is 12.1 Å². The van der Waals surface area contributed by atoms with Crippen molar-refractivity contribution in [2.45, 2.75) is 13.3 Å². The number of hydrogen-bond donors (Lipinski definition) is 0. The van der Waals surface area contributed by atoms with Gasteiger partial charge < -0.3 is 0 Å². The van der Waals surface area contributed by atoms with Gasteiger partial charge in [-0.15, -0.1) is 0 Å². The Morgan fingerprint density at radius 3 is 2.50 bits per heavy atom. The van der Waals surface area contributed by atoms with Crippen LogP contribution in [-0.2, 0) is 9.59 Å². The molecule has 0 saturated carbocycles. The molecule has 0 bridgehead atoms. The molecule has 0 spiro atoms. The highest BCUT2D eigenvalue weighted by Gasteiger charge is 1.90. The standard InChI is InChI=1S/C16H16O2/c1-2-14(9-6-10-16(18)13-17)11-12-15-7-4-3-5-8-15/h3-13H,2H2,1H3. The molecular weight excluding hydrogens is 224 g/mol. The Bertz CT molecular complexity index is 479. The molecule has 1 aromatic rings. The fourth-order valence-corrected chi connectivity index (χ4v) is 1.36. The molecule has 0 N–H and O–H groups in total. The lowest BCUT2D eigenvalue weighted by molar-refractivity contribution is -0.126. The van der Waals surface area contributed by atoms with Crippen molar-refractivity contribution in [3.05, 3.63) is 65.8 Å². The fourth-order valence-electron chi connectivity index (χ4n) is 1.36. The predicted molar refractivity (Wildman–Crippen MR) is 74.1 cm³/mol. The average molecular weight is 240 g/mol. The lowest BCUT2D eigenvalue weighted by atomic mass is 10.1. The Balaban J connectivity index is 2.70. The number of carbonyl (C=O) groups is 2. The first-order valence-electron chi connectivity index (χ1n) is 5.85. The minimum atomic E-state index is -0.520. The lowest BCUT2D eigenvalue weighted by Crippen LogP contribution is -1.90. The second kappa shape index (κ2) is 7.96. The van der Waals surface area contributed by atoms with Crippen molar-refractivity contribution in [3.63, 3.8) is 0 Å². The Hall–Kier alpha value is -2.22. The van der Waals surface area contributed by atoms with E-state index in [2.05, 4.69) is 0 Å². The summed E-state index contributed by atoms with van der Waals surface area (Å²) in [7, 11) is 0. The zero-order valence-corrected chi connectivity index (χ0v) is 10.4. The van der Waals surface area contributed by atoms with Crippen LogP contribution in [0.1, 0.15) is 18.9 Å². The Kier molecular flexibility index (Phi) is 6.12. The first-order valence-corrected chi connectivity index (χ1v) is 5.85. The van der Waals surface area contributed by atoms with Gasteiger partial charge in [0.1, 0.15) is 0 Å². The monoisotopic (exact) mass is 240 g/mol. The van der Waals surface area contributed by atoms with Gasteiger partial charge in [0.25, 0.3) is 0 Å². The molecule has 0 aromatic heterocycles. The van der Waals surface area contributed by atoms with Gasteiger partial charge in [0.2, 0.25) is 5.78 Å². The number of rotatable bonds is 6. The van der Waals surface area contributed by atoms with Crippen LogP contribution < -0.4 is 0 Å². The van der Waals surface area contributed by atoms with Gasteiger partial charge >= 0.3 is 0 Å². The summed E-state index contributed by atoms with van der Waals surface area (Å²) in [5, 5.41) is 0. The smallest absolute Gasteiger partial charge is 0.218 e. The maximum Gasteiger partial charge on any atom is 0.218 e. The van der Waals surface area contributed by atoms with Crippen molar-refractivity contribution in [2.24, 2.45) is 0 Å². The van der Waals surface area contributed by atoms with Crippen molar-refractivity contribution in [3.8, 4) is 0 Å². The van der Waals surface area contributed by atoms with Crippen molar-refractivity contribution in [1.29, 1.82) is 0 Å². The highest BCUT2D eigenvalue weighted by molar-refractivity contribution is 6.30. The Morgan fingerprint density at radius 1 is 1.17 bits per heavy atom. The van der Waals surface area contributed by atoms with Gasteiger partial charge in [-0.3, -0.25) is 9.59 Å². The molecule has 0 radical (unpaired) electrons. The van der Waals surface area contributed by atoms with Crippen LogP contribution in [0.25, 0.3) is 6.08 Å². The van der Waals surface area contributed by atoms with Crippen LogP contribution in [0, 0.1) is 0 Å². The molecule has 2 heteroatoms. The van der Waals surface area contributed by atoms with Gasteiger partial charge in [-0.2, -0.15) is 0 Å². The second-order valence-corrected chi connectivity index (χ2v) is 3.72. The number of ketones is 1. The van der Waals surface area contributed by atoms with Crippen LogP contribution in [0.15, 0.2) is 60.2 Å². The first kappa shape index (κ1) is 13.8. The molecule has 0 amide bonds. The van der Waals surface area contributed by atoms with Gasteiger partial charge in [0, 0.05) is 0 Å². The quantitative estimate of drug-likeness (QED) is 0.331. The van der Waals surface area contributed by atoms with Crippen molar-refractivity contribution >= 4 is 18.1 Å². The average Bonchev–Trinajstić information content (AvgIpc) is 2.43. The molecule has 18 heavy (non-hydrogen) atoms. The topological polar surface area (TPSA) is 34.1 Å². The zero-order chi connectivity index (χ0) is 13.2. The van der Waals surface area contributed by atoms with E-state index in [0.717, 1.165) is 17.6 Å². The van der Waals surface area contributed by atoms with E-state index in [0.29, 0.717) is 6.29 Å². The number of benzene rings is 1. The predicted octanol–water partition coefficient (Wildman–Crippen LogP) is 3.36. The molecule has 0 heterocycles. The summed E-state index contributed by atoms with van der Waals surface area (Å²) >= 11 is 0. The number of aldehydes is 1. The summed E-state index contributed by atoms with van der Waals surface area (Å²) in [4.78, 5) is 20.9. The third-order valence-electron chi connectivity index (χ3n) is 2.38. The minimum Gasteiger partial charge on any atom is -0.294 e. The summed E-state index contributed by atoms with van der Waals surface area (Å²) in [5.74, 6) is -0.520. The van der Waals surface area contributed by atoms with E-state index >= 15 is 0 Å². The van der Waals surface area contributed by atoms with E-state index in [1.54, 1.807) is 6.08 Å². The molecule has 1 aromatic carbocycles. The minimum absolute atomic E-state index is 0.301. The van der Waals surface area contributed by atoms with E-state index in [1.807, 2.05) is 55.5 Å². The molecule has 2 nitrogen and oxygen atoms in total. The molecule has 92 valence electrons. The Labute approximate surface area is 107 Å². The summed E-state index contributed by atoms with van der Waals surface area (Å²) in [6, 6.07) is 9.99. The fraction of sp³-hybridized carbons (Fsp3) is 0.125. The van der Waals surface area contributed by atoms with Gasteiger partial charge in [-0.1, -0.05) is 61.6 Å². The Morgan fingerprint density at radius 2 is 1.89 bits per heavy atom. The van der Waals surface area contributed by atoms with Gasteiger partial charge in [0.05, 0.1) is 0 Å². The largest absolute Gasteiger partial charge is 0.294 e. The van der Waals surface area contributed by atoms with E-state index in [1.165, 1.54) is 6.08 Å². The number of hydrogen-bond acceptors (Lipinski definition) is 2. The maximum atomic E-state index is 10.8. The van der Waals surface area contributed by atoms with Crippen LogP contribution in [0.5, 0.6) is 0 Å². The van der Waals surface area contributed by atoms with Crippen LogP contribution in [0.4, 0.5) is 0 Å². The third-order valence-corrected chi connectivity index (χ3v) is 2.38. The molecule has 0 saturated heterocycles. The summed E-state index contributed by atoms with van der Waals surface area (Å²) in [5.41, 5.74) is 2.22. The molecule has 0 aliphatic heterocycles. The van der Waals surface area contributed by atoms with Crippen molar-refractivity contribution < 1.29 is 9.59 Å². The van der Waals surface area contributed by atoms with Gasteiger partial charge in [-0.25, -0.2) is 0 Å². The van der Waals surface area contributed by atoms with E-state index in [-0.39, 0.29) is 0 Å². The number of allylic oxidation sites excluding steroid dienone is 5. The van der Waals surface area contributed by atoms with Crippen molar-refractivity contribution in [1.82, 2.24) is 0 Å². The summed E-state index contributed by atoms with van der Waals surface area (Å²) in [6.07, 6.45) is 9.89. The van der Waals surface area contributed by atoms with E-state index in [9.17, 15) is 9.59 Å². The SMILES string of the molecule is CCC(C=Cc1ccccc1)=CC=CC(=O)C=O.